The largest absolute Gasteiger partial charge is 0.416 e. The van der Waals surface area contributed by atoms with Crippen LogP contribution in [0, 0.1) is 11.3 Å². The van der Waals surface area contributed by atoms with Crippen LogP contribution in [0.2, 0.25) is 0 Å². The molecule has 5 nitrogen and oxygen atoms in total. The van der Waals surface area contributed by atoms with Crippen molar-refractivity contribution in [2.24, 2.45) is 0 Å². The summed E-state index contributed by atoms with van der Waals surface area (Å²) in [6, 6.07) is 11.7. The molecule has 0 aromatic heterocycles. The summed E-state index contributed by atoms with van der Waals surface area (Å²) in [4.78, 5) is 23.5. The molecule has 0 aliphatic carbocycles. The number of benzene rings is 2. The van der Waals surface area contributed by atoms with Gasteiger partial charge < -0.3 is 10.6 Å². The molecular formula is C17H12F3N3O2. The second kappa shape index (κ2) is 7.49. The molecule has 0 atom stereocenters. The number of anilines is 2. The average molecular weight is 347 g/mol. The van der Waals surface area contributed by atoms with Gasteiger partial charge in [0.2, 0.25) is 5.91 Å². The first-order valence-electron chi connectivity index (χ1n) is 7.05. The summed E-state index contributed by atoms with van der Waals surface area (Å²) in [6.45, 7) is 0. The number of hydrogen-bond donors (Lipinski definition) is 2. The Balaban J connectivity index is 2.08. The second-order valence-corrected chi connectivity index (χ2v) is 4.99. The smallest absolute Gasteiger partial charge is 0.325 e. The number of carbonyl (C=O) groups excluding carboxylic acids is 2. The van der Waals surface area contributed by atoms with E-state index in [1.165, 1.54) is 6.07 Å². The zero-order valence-corrected chi connectivity index (χ0v) is 12.7. The van der Waals surface area contributed by atoms with E-state index in [0.717, 1.165) is 24.3 Å². The molecular weight excluding hydrogens is 335 g/mol. The molecule has 128 valence electrons. The highest BCUT2D eigenvalue weighted by Gasteiger charge is 2.30. The van der Waals surface area contributed by atoms with Gasteiger partial charge in [-0.05, 0) is 42.5 Å². The molecule has 0 fully saturated rings. The van der Waals surface area contributed by atoms with E-state index in [1.807, 2.05) is 0 Å². The summed E-state index contributed by atoms with van der Waals surface area (Å²) in [6.07, 6.45) is -4.77. The molecule has 0 radical (unpaired) electrons. The molecule has 0 bridgehead atoms. The highest BCUT2D eigenvalue weighted by molar-refractivity contribution is 6.04. The minimum Gasteiger partial charge on any atom is -0.325 e. The summed E-state index contributed by atoms with van der Waals surface area (Å²) < 4.78 is 37.5. The van der Waals surface area contributed by atoms with Crippen molar-refractivity contribution in [3.8, 4) is 6.07 Å². The van der Waals surface area contributed by atoms with Crippen molar-refractivity contribution in [2.75, 3.05) is 10.6 Å². The summed E-state index contributed by atoms with van der Waals surface area (Å²) in [7, 11) is 0. The SMILES string of the molecule is N#CCC(=O)Nc1cccc(NC(=O)c2ccc(C(F)(F)F)cc2)c1. The fourth-order valence-electron chi connectivity index (χ4n) is 1.97. The maximum atomic E-state index is 12.5. The van der Waals surface area contributed by atoms with E-state index in [2.05, 4.69) is 10.6 Å². The second-order valence-electron chi connectivity index (χ2n) is 4.99. The maximum Gasteiger partial charge on any atom is 0.416 e. The van der Waals surface area contributed by atoms with Crippen LogP contribution in [-0.2, 0) is 11.0 Å². The predicted octanol–water partition coefficient (Wildman–Crippen LogP) is 3.81. The number of rotatable bonds is 4. The van der Waals surface area contributed by atoms with Gasteiger partial charge in [-0.3, -0.25) is 9.59 Å². The van der Waals surface area contributed by atoms with E-state index in [9.17, 15) is 22.8 Å². The maximum absolute atomic E-state index is 12.5. The predicted molar refractivity (Wildman–Crippen MR) is 84.7 cm³/mol. The number of alkyl halides is 3. The molecule has 0 saturated carbocycles. The Kier molecular flexibility index (Phi) is 5.39. The zero-order chi connectivity index (χ0) is 18.4. The van der Waals surface area contributed by atoms with Gasteiger partial charge in [0.15, 0.2) is 0 Å². The molecule has 0 aliphatic rings. The van der Waals surface area contributed by atoms with Gasteiger partial charge in [0.25, 0.3) is 5.91 Å². The number of carbonyl (C=O) groups is 2. The fourth-order valence-corrected chi connectivity index (χ4v) is 1.97. The quantitative estimate of drug-likeness (QED) is 0.882. The number of nitrogens with one attached hydrogen (secondary N) is 2. The normalized spacial score (nSPS) is 10.6. The van der Waals surface area contributed by atoms with Gasteiger partial charge in [-0.2, -0.15) is 18.4 Å². The fraction of sp³-hybridized carbons (Fsp3) is 0.118. The van der Waals surface area contributed by atoms with Crippen LogP contribution in [0.15, 0.2) is 48.5 Å². The Bertz CT molecular complexity index is 824. The van der Waals surface area contributed by atoms with Gasteiger partial charge in [-0.15, -0.1) is 0 Å². The van der Waals surface area contributed by atoms with Crippen LogP contribution < -0.4 is 10.6 Å². The first-order valence-corrected chi connectivity index (χ1v) is 7.05. The molecule has 2 amide bonds. The van der Waals surface area contributed by atoms with Crippen LogP contribution in [0.25, 0.3) is 0 Å². The van der Waals surface area contributed by atoms with Gasteiger partial charge >= 0.3 is 6.18 Å². The van der Waals surface area contributed by atoms with Gasteiger partial charge in [0.05, 0.1) is 11.6 Å². The number of halogens is 3. The molecule has 2 rings (SSSR count). The summed E-state index contributed by atoms with van der Waals surface area (Å²) in [5.74, 6) is -1.08. The van der Waals surface area contributed by atoms with Gasteiger partial charge in [0.1, 0.15) is 6.42 Å². The van der Waals surface area contributed by atoms with Crippen LogP contribution in [0.5, 0.6) is 0 Å². The lowest BCUT2D eigenvalue weighted by Crippen LogP contribution is -2.14. The zero-order valence-electron chi connectivity index (χ0n) is 12.7. The van der Waals surface area contributed by atoms with Crippen molar-refractivity contribution in [3.05, 3.63) is 59.7 Å². The van der Waals surface area contributed by atoms with Crippen molar-refractivity contribution in [3.63, 3.8) is 0 Å². The molecule has 25 heavy (non-hydrogen) atoms. The van der Waals surface area contributed by atoms with E-state index in [0.29, 0.717) is 11.4 Å². The minimum atomic E-state index is -4.47. The van der Waals surface area contributed by atoms with Crippen molar-refractivity contribution in [1.29, 1.82) is 5.26 Å². The number of amides is 2. The Hall–Kier alpha value is -3.34. The van der Waals surface area contributed by atoms with Crippen molar-refractivity contribution in [2.45, 2.75) is 12.6 Å². The third-order valence-corrected chi connectivity index (χ3v) is 3.12. The molecule has 0 aliphatic heterocycles. The molecule has 0 heterocycles. The van der Waals surface area contributed by atoms with Crippen LogP contribution in [0.3, 0.4) is 0 Å². The van der Waals surface area contributed by atoms with Crippen LogP contribution in [0.1, 0.15) is 22.3 Å². The first kappa shape index (κ1) is 18.0. The van der Waals surface area contributed by atoms with E-state index in [-0.39, 0.29) is 12.0 Å². The van der Waals surface area contributed by atoms with Crippen LogP contribution in [-0.4, -0.2) is 11.8 Å². The minimum absolute atomic E-state index is 0.0620. The Labute approximate surface area is 141 Å². The lowest BCUT2D eigenvalue weighted by atomic mass is 10.1. The molecule has 0 unspecified atom stereocenters. The Morgan fingerprint density at radius 1 is 1.00 bits per heavy atom. The van der Waals surface area contributed by atoms with E-state index >= 15 is 0 Å². The summed E-state index contributed by atoms with van der Waals surface area (Å²) >= 11 is 0. The first-order chi connectivity index (χ1) is 11.8. The van der Waals surface area contributed by atoms with E-state index in [4.69, 9.17) is 5.26 Å². The van der Waals surface area contributed by atoms with Crippen LogP contribution >= 0.6 is 0 Å². The lowest BCUT2D eigenvalue weighted by molar-refractivity contribution is -0.137. The standard InChI is InChI=1S/C17H12F3N3O2/c18-17(19,20)12-6-4-11(5-7-12)16(25)23-14-3-1-2-13(10-14)22-15(24)8-9-21/h1-7,10H,8H2,(H,22,24)(H,23,25). The molecule has 2 aromatic carbocycles. The summed E-state index contributed by atoms with van der Waals surface area (Å²) in [5.41, 5.74) is -0.0525. The molecule has 2 N–H and O–H groups in total. The third-order valence-electron chi connectivity index (χ3n) is 3.12. The number of nitriles is 1. The molecule has 0 spiro atoms. The highest BCUT2D eigenvalue weighted by atomic mass is 19.4. The average Bonchev–Trinajstić information content (AvgIpc) is 2.54. The Morgan fingerprint density at radius 2 is 1.60 bits per heavy atom. The molecule has 8 heteroatoms. The monoisotopic (exact) mass is 347 g/mol. The highest BCUT2D eigenvalue weighted by Crippen LogP contribution is 2.29. The van der Waals surface area contributed by atoms with Gasteiger partial charge in [-0.1, -0.05) is 6.07 Å². The van der Waals surface area contributed by atoms with Crippen LogP contribution in [0.4, 0.5) is 24.5 Å². The topological polar surface area (TPSA) is 82.0 Å². The number of nitrogens with zero attached hydrogens (tertiary/aromatic N) is 1. The lowest BCUT2D eigenvalue weighted by Gasteiger charge is -2.09. The van der Waals surface area contributed by atoms with E-state index in [1.54, 1.807) is 24.3 Å². The third kappa shape index (κ3) is 5.07. The van der Waals surface area contributed by atoms with Crippen molar-refractivity contribution >= 4 is 23.2 Å². The molecule has 2 aromatic rings. The summed E-state index contributed by atoms with van der Waals surface area (Å²) in [5, 5.41) is 13.5. The van der Waals surface area contributed by atoms with Crippen molar-refractivity contribution < 1.29 is 22.8 Å². The van der Waals surface area contributed by atoms with Gasteiger partial charge in [-0.25, -0.2) is 0 Å². The molecule has 0 saturated heterocycles. The van der Waals surface area contributed by atoms with Gasteiger partial charge in [0, 0.05) is 16.9 Å². The Morgan fingerprint density at radius 3 is 2.16 bits per heavy atom. The van der Waals surface area contributed by atoms with Crippen molar-refractivity contribution in [1.82, 2.24) is 0 Å². The number of hydrogen-bond acceptors (Lipinski definition) is 3. The van der Waals surface area contributed by atoms with E-state index < -0.39 is 23.6 Å².